The van der Waals surface area contributed by atoms with E-state index in [9.17, 15) is 13.9 Å². The lowest BCUT2D eigenvalue weighted by Crippen LogP contribution is -2.03. The SMILES string of the molecule is OC(c1cccnc1)c1ccc(F)c(F)c1Br. The molecule has 0 spiro atoms. The molecule has 0 radical (unpaired) electrons. The van der Waals surface area contributed by atoms with Crippen molar-refractivity contribution in [3.63, 3.8) is 0 Å². The highest BCUT2D eigenvalue weighted by Crippen LogP contribution is 2.31. The smallest absolute Gasteiger partial charge is 0.173 e. The Morgan fingerprint density at radius 2 is 2.00 bits per heavy atom. The van der Waals surface area contributed by atoms with E-state index in [2.05, 4.69) is 20.9 Å². The third kappa shape index (κ3) is 2.35. The van der Waals surface area contributed by atoms with E-state index < -0.39 is 17.7 Å². The Morgan fingerprint density at radius 1 is 1.24 bits per heavy atom. The van der Waals surface area contributed by atoms with Gasteiger partial charge >= 0.3 is 0 Å². The average Bonchev–Trinajstić information content (AvgIpc) is 2.36. The number of hydrogen-bond acceptors (Lipinski definition) is 2. The number of aliphatic hydroxyl groups excluding tert-OH is 1. The van der Waals surface area contributed by atoms with Gasteiger partial charge in [0.2, 0.25) is 0 Å². The van der Waals surface area contributed by atoms with E-state index in [-0.39, 0.29) is 10.0 Å². The fourth-order valence-electron chi connectivity index (χ4n) is 1.47. The zero-order chi connectivity index (χ0) is 12.4. The van der Waals surface area contributed by atoms with Crippen LogP contribution in [0.15, 0.2) is 41.1 Å². The summed E-state index contributed by atoms with van der Waals surface area (Å²) in [6.07, 6.45) is 1.99. The van der Waals surface area contributed by atoms with Crippen molar-refractivity contribution in [2.24, 2.45) is 0 Å². The predicted molar refractivity (Wildman–Crippen MR) is 62.4 cm³/mol. The molecule has 0 amide bonds. The maximum absolute atomic E-state index is 13.3. The fourth-order valence-corrected chi connectivity index (χ4v) is 2.01. The summed E-state index contributed by atoms with van der Waals surface area (Å²) >= 11 is 2.93. The molecule has 0 aliphatic rings. The molecule has 88 valence electrons. The van der Waals surface area contributed by atoms with Gasteiger partial charge in [0.25, 0.3) is 0 Å². The van der Waals surface area contributed by atoms with Gasteiger partial charge in [0, 0.05) is 23.5 Å². The van der Waals surface area contributed by atoms with Crippen molar-refractivity contribution in [1.29, 1.82) is 0 Å². The highest BCUT2D eigenvalue weighted by molar-refractivity contribution is 9.10. The van der Waals surface area contributed by atoms with Gasteiger partial charge in [0.15, 0.2) is 11.6 Å². The maximum Gasteiger partial charge on any atom is 0.173 e. The topological polar surface area (TPSA) is 33.1 Å². The number of aliphatic hydroxyl groups is 1. The summed E-state index contributed by atoms with van der Waals surface area (Å²) in [5, 5.41) is 10.0. The minimum absolute atomic E-state index is 0.0751. The number of benzene rings is 1. The number of pyridine rings is 1. The molecular weight excluding hydrogens is 292 g/mol. The lowest BCUT2D eigenvalue weighted by Gasteiger charge is -2.13. The third-order valence-corrected chi connectivity index (χ3v) is 3.17. The van der Waals surface area contributed by atoms with Gasteiger partial charge in [-0.25, -0.2) is 8.78 Å². The zero-order valence-corrected chi connectivity index (χ0v) is 10.2. The van der Waals surface area contributed by atoms with Crippen LogP contribution >= 0.6 is 15.9 Å². The highest BCUT2D eigenvalue weighted by Gasteiger charge is 2.18. The summed E-state index contributed by atoms with van der Waals surface area (Å²) in [5.41, 5.74) is 0.774. The van der Waals surface area contributed by atoms with Crippen molar-refractivity contribution in [2.45, 2.75) is 6.10 Å². The minimum atomic E-state index is -1.05. The summed E-state index contributed by atoms with van der Waals surface area (Å²) in [6, 6.07) is 5.63. The van der Waals surface area contributed by atoms with Crippen LogP contribution in [0.1, 0.15) is 17.2 Å². The first kappa shape index (κ1) is 12.1. The van der Waals surface area contributed by atoms with Gasteiger partial charge < -0.3 is 5.11 Å². The van der Waals surface area contributed by atoms with Crippen LogP contribution in [0, 0.1) is 11.6 Å². The molecule has 0 bridgehead atoms. The van der Waals surface area contributed by atoms with Gasteiger partial charge in [0.1, 0.15) is 6.10 Å². The quantitative estimate of drug-likeness (QED) is 0.864. The molecule has 0 aliphatic heterocycles. The van der Waals surface area contributed by atoms with Gasteiger partial charge in [-0.2, -0.15) is 0 Å². The van der Waals surface area contributed by atoms with Gasteiger partial charge in [-0.3, -0.25) is 4.98 Å². The van der Waals surface area contributed by atoms with Gasteiger partial charge in [0.05, 0.1) is 4.47 Å². The fraction of sp³-hybridized carbons (Fsp3) is 0.0833. The number of hydrogen-bond donors (Lipinski definition) is 1. The summed E-state index contributed by atoms with van der Waals surface area (Å²) < 4.78 is 26.2. The largest absolute Gasteiger partial charge is 0.384 e. The van der Waals surface area contributed by atoms with Crippen molar-refractivity contribution < 1.29 is 13.9 Å². The maximum atomic E-state index is 13.3. The highest BCUT2D eigenvalue weighted by atomic mass is 79.9. The van der Waals surface area contributed by atoms with Crippen LogP contribution in [0.4, 0.5) is 8.78 Å². The van der Waals surface area contributed by atoms with Crippen LogP contribution in [-0.4, -0.2) is 10.1 Å². The second kappa shape index (κ2) is 4.89. The van der Waals surface area contributed by atoms with E-state index in [1.807, 2.05) is 0 Å². The zero-order valence-electron chi connectivity index (χ0n) is 8.57. The van der Waals surface area contributed by atoms with Crippen LogP contribution in [0.5, 0.6) is 0 Å². The molecule has 2 aromatic rings. The number of halogens is 3. The molecule has 5 heteroatoms. The van der Waals surface area contributed by atoms with Crippen LogP contribution in [0.25, 0.3) is 0 Å². The molecule has 2 rings (SSSR count). The van der Waals surface area contributed by atoms with Crippen LogP contribution in [0.2, 0.25) is 0 Å². The lowest BCUT2D eigenvalue weighted by atomic mass is 10.0. The first-order valence-electron chi connectivity index (χ1n) is 4.82. The Balaban J connectivity index is 2.45. The van der Waals surface area contributed by atoms with Gasteiger partial charge in [-0.05, 0) is 28.1 Å². The summed E-state index contributed by atoms with van der Waals surface area (Å²) in [6.45, 7) is 0. The molecule has 0 saturated carbocycles. The molecule has 1 N–H and O–H groups in total. The Morgan fingerprint density at radius 3 is 2.65 bits per heavy atom. The van der Waals surface area contributed by atoms with Gasteiger partial charge in [-0.1, -0.05) is 12.1 Å². The average molecular weight is 300 g/mol. The van der Waals surface area contributed by atoms with Crippen molar-refractivity contribution in [3.05, 3.63) is 63.9 Å². The summed E-state index contributed by atoms with van der Waals surface area (Å²) in [4.78, 5) is 3.86. The Hall–Kier alpha value is -1.33. The van der Waals surface area contributed by atoms with E-state index >= 15 is 0 Å². The second-order valence-electron chi connectivity index (χ2n) is 3.45. The monoisotopic (exact) mass is 299 g/mol. The third-order valence-electron chi connectivity index (χ3n) is 2.36. The van der Waals surface area contributed by atoms with Crippen LogP contribution < -0.4 is 0 Å². The van der Waals surface area contributed by atoms with Crippen molar-refractivity contribution in [1.82, 2.24) is 4.98 Å². The molecule has 1 aromatic heterocycles. The van der Waals surface area contributed by atoms with E-state index in [0.29, 0.717) is 5.56 Å². The first-order valence-corrected chi connectivity index (χ1v) is 5.62. The van der Waals surface area contributed by atoms with Crippen molar-refractivity contribution in [2.75, 3.05) is 0 Å². The van der Waals surface area contributed by atoms with Crippen LogP contribution in [-0.2, 0) is 0 Å². The molecule has 2 nitrogen and oxygen atoms in total. The van der Waals surface area contributed by atoms with E-state index in [4.69, 9.17) is 0 Å². The lowest BCUT2D eigenvalue weighted by molar-refractivity contribution is 0.218. The Labute approximate surface area is 105 Å². The molecule has 1 heterocycles. The normalized spacial score (nSPS) is 12.5. The molecule has 1 unspecified atom stereocenters. The summed E-state index contributed by atoms with van der Waals surface area (Å²) in [5.74, 6) is -1.97. The number of nitrogens with zero attached hydrogens (tertiary/aromatic N) is 1. The second-order valence-corrected chi connectivity index (χ2v) is 4.25. The van der Waals surface area contributed by atoms with Crippen molar-refractivity contribution in [3.8, 4) is 0 Å². The number of rotatable bonds is 2. The molecule has 0 fully saturated rings. The van der Waals surface area contributed by atoms with Gasteiger partial charge in [-0.15, -0.1) is 0 Å². The first-order chi connectivity index (χ1) is 8.11. The Kier molecular flexibility index (Phi) is 3.49. The number of aromatic nitrogens is 1. The van der Waals surface area contributed by atoms with E-state index in [1.54, 1.807) is 18.3 Å². The Bertz CT molecular complexity index is 534. The van der Waals surface area contributed by atoms with Crippen LogP contribution in [0.3, 0.4) is 0 Å². The molecule has 0 saturated heterocycles. The molecule has 17 heavy (non-hydrogen) atoms. The van der Waals surface area contributed by atoms with Crippen molar-refractivity contribution >= 4 is 15.9 Å². The molecule has 1 aromatic carbocycles. The summed E-state index contributed by atoms with van der Waals surface area (Å²) in [7, 11) is 0. The minimum Gasteiger partial charge on any atom is -0.384 e. The predicted octanol–water partition coefficient (Wildman–Crippen LogP) is 3.20. The standard InChI is InChI=1S/C12H8BrF2NO/c13-10-8(3-4-9(14)11(10)15)12(17)7-2-1-5-16-6-7/h1-6,12,17H. The van der Waals surface area contributed by atoms with E-state index in [1.165, 1.54) is 12.3 Å². The molecule has 1 atom stereocenters. The molecule has 0 aliphatic carbocycles. The molecular formula is C12H8BrF2NO. The van der Waals surface area contributed by atoms with E-state index in [0.717, 1.165) is 6.07 Å².